The van der Waals surface area contributed by atoms with Gasteiger partial charge in [-0.15, -0.1) is 0 Å². The summed E-state index contributed by atoms with van der Waals surface area (Å²) in [4.78, 5) is 28.8. The van der Waals surface area contributed by atoms with E-state index in [4.69, 9.17) is 21.1 Å². The lowest BCUT2D eigenvalue weighted by molar-refractivity contribution is -0.114. The van der Waals surface area contributed by atoms with Crippen LogP contribution in [0.2, 0.25) is 5.02 Å². The van der Waals surface area contributed by atoms with E-state index >= 15 is 0 Å². The van der Waals surface area contributed by atoms with E-state index in [1.807, 2.05) is 48.5 Å². The first-order valence-electron chi connectivity index (χ1n) is 10.2. The molecule has 3 aromatic rings. The Labute approximate surface area is 200 Å². The van der Waals surface area contributed by atoms with Crippen LogP contribution < -0.4 is 19.7 Å². The van der Waals surface area contributed by atoms with Crippen molar-refractivity contribution in [1.29, 1.82) is 0 Å². The lowest BCUT2D eigenvalue weighted by Crippen LogP contribution is -2.31. The number of amides is 2. The Kier molecular flexibility index (Phi) is 5.74. The molecule has 5 rings (SSSR count). The van der Waals surface area contributed by atoms with E-state index in [2.05, 4.69) is 5.32 Å². The van der Waals surface area contributed by atoms with Crippen molar-refractivity contribution < 1.29 is 19.1 Å². The molecule has 8 heteroatoms. The van der Waals surface area contributed by atoms with Gasteiger partial charge in [0.2, 0.25) is 6.79 Å². The number of thioether (sulfide) groups is 1. The summed E-state index contributed by atoms with van der Waals surface area (Å²) < 4.78 is 10.7. The zero-order chi connectivity index (χ0) is 22.9. The van der Waals surface area contributed by atoms with Crippen molar-refractivity contribution in [1.82, 2.24) is 5.32 Å². The molecule has 0 saturated carbocycles. The second-order valence-electron chi connectivity index (χ2n) is 7.58. The quantitative estimate of drug-likeness (QED) is 0.528. The average Bonchev–Trinajstić information content (AvgIpc) is 3.29. The number of ether oxygens (including phenoxy) is 2. The van der Waals surface area contributed by atoms with Gasteiger partial charge >= 0.3 is 0 Å². The van der Waals surface area contributed by atoms with Gasteiger partial charge in [0, 0.05) is 29.1 Å². The van der Waals surface area contributed by atoms with Crippen molar-refractivity contribution in [2.45, 2.75) is 11.4 Å². The number of fused-ring (bicyclic) bond motifs is 2. The first kappa shape index (κ1) is 21.4. The van der Waals surface area contributed by atoms with Gasteiger partial charge in [0.15, 0.2) is 11.5 Å². The molecule has 1 N–H and O–H groups in total. The second-order valence-corrected chi connectivity index (χ2v) is 9.10. The van der Waals surface area contributed by atoms with Gasteiger partial charge in [-0.05, 0) is 59.7 Å². The summed E-state index contributed by atoms with van der Waals surface area (Å²) in [6.07, 6.45) is 1.82. The van der Waals surface area contributed by atoms with Gasteiger partial charge in [-0.3, -0.25) is 9.59 Å². The van der Waals surface area contributed by atoms with Crippen LogP contribution in [-0.4, -0.2) is 25.7 Å². The van der Waals surface area contributed by atoms with Crippen molar-refractivity contribution in [2.24, 2.45) is 0 Å². The van der Waals surface area contributed by atoms with Crippen molar-refractivity contribution in [3.05, 3.63) is 87.3 Å². The fourth-order valence-corrected chi connectivity index (χ4v) is 4.91. The maximum Gasteiger partial charge on any atom is 0.264 e. The summed E-state index contributed by atoms with van der Waals surface area (Å²) in [5, 5.41) is 3.53. The maximum atomic E-state index is 12.9. The van der Waals surface area contributed by atoms with Gasteiger partial charge in [0.05, 0.1) is 10.6 Å². The van der Waals surface area contributed by atoms with E-state index in [0.29, 0.717) is 39.2 Å². The van der Waals surface area contributed by atoms with Gasteiger partial charge < -0.3 is 19.7 Å². The first-order chi connectivity index (χ1) is 16.0. The fourth-order valence-electron chi connectivity index (χ4n) is 3.62. The van der Waals surface area contributed by atoms with E-state index in [1.165, 1.54) is 11.8 Å². The molecule has 3 aromatic carbocycles. The molecule has 0 spiro atoms. The number of nitrogens with one attached hydrogen (secondary N) is 1. The molecular formula is C25H19ClN2O4S. The van der Waals surface area contributed by atoms with Crippen molar-refractivity contribution in [3.8, 4) is 11.5 Å². The summed E-state index contributed by atoms with van der Waals surface area (Å²) in [5.74, 6) is 1.02. The molecule has 0 aromatic heterocycles. The zero-order valence-electron chi connectivity index (χ0n) is 17.6. The summed E-state index contributed by atoms with van der Waals surface area (Å²) in [5.41, 5.74) is 2.94. The number of hydrogen-bond acceptors (Lipinski definition) is 5. The number of halogens is 1. The van der Waals surface area contributed by atoms with Crippen LogP contribution in [-0.2, 0) is 11.3 Å². The zero-order valence-corrected chi connectivity index (χ0v) is 19.2. The second kappa shape index (κ2) is 8.84. The molecule has 166 valence electrons. The Bertz CT molecular complexity index is 1310. The van der Waals surface area contributed by atoms with Crippen LogP contribution in [0.3, 0.4) is 0 Å². The number of nitrogens with zero attached hydrogens (tertiary/aromatic N) is 1. The minimum Gasteiger partial charge on any atom is -0.454 e. The van der Waals surface area contributed by atoms with Gasteiger partial charge in [0.25, 0.3) is 11.8 Å². The molecule has 2 amide bonds. The summed E-state index contributed by atoms with van der Waals surface area (Å²) >= 11 is 7.45. The van der Waals surface area contributed by atoms with E-state index in [-0.39, 0.29) is 18.6 Å². The van der Waals surface area contributed by atoms with Gasteiger partial charge in [-0.1, -0.05) is 41.6 Å². The monoisotopic (exact) mass is 478 g/mol. The number of hydrogen-bond donors (Lipinski definition) is 1. The molecule has 0 atom stereocenters. The molecule has 2 aliphatic rings. The van der Waals surface area contributed by atoms with Crippen LogP contribution >= 0.6 is 23.4 Å². The SMILES string of the molecule is CN1C(=O)C(=Cc2cccc(Cl)c2)Sc2ccc(C(=O)NCc3ccc4c(c3)OCO4)cc21. The lowest BCUT2D eigenvalue weighted by Gasteiger charge is -2.27. The minimum absolute atomic E-state index is 0.134. The molecule has 6 nitrogen and oxygen atoms in total. The largest absolute Gasteiger partial charge is 0.454 e. The van der Waals surface area contributed by atoms with Crippen LogP contribution in [0.15, 0.2) is 70.5 Å². The first-order valence-corrected chi connectivity index (χ1v) is 11.4. The topological polar surface area (TPSA) is 67.9 Å². The van der Waals surface area contributed by atoms with Crippen LogP contribution in [0.5, 0.6) is 11.5 Å². The molecule has 0 saturated heterocycles. The van der Waals surface area contributed by atoms with E-state index in [9.17, 15) is 9.59 Å². The predicted octanol–water partition coefficient (Wildman–Crippen LogP) is 5.11. The molecule has 2 heterocycles. The average molecular weight is 479 g/mol. The highest BCUT2D eigenvalue weighted by molar-refractivity contribution is 8.04. The summed E-state index contributed by atoms with van der Waals surface area (Å²) in [6.45, 7) is 0.559. The Morgan fingerprint density at radius 2 is 1.97 bits per heavy atom. The normalized spacial score (nSPS) is 15.5. The van der Waals surface area contributed by atoms with Crippen LogP contribution in [0.25, 0.3) is 6.08 Å². The van der Waals surface area contributed by atoms with Crippen LogP contribution in [0, 0.1) is 0 Å². The third kappa shape index (κ3) is 4.42. The Hall–Kier alpha value is -3.42. The molecule has 0 radical (unpaired) electrons. The molecule has 0 aliphatic carbocycles. The molecule has 0 bridgehead atoms. The highest BCUT2D eigenvalue weighted by Gasteiger charge is 2.27. The van der Waals surface area contributed by atoms with Crippen LogP contribution in [0.4, 0.5) is 5.69 Å². The van der Waals surface area contributed by atoms with Gasteiger partial charge in [0.1, 0.15) is 0 Å². The molecule has 0 unspecified atom stereocenters. The van der Waals surface area contributed by atoms with E-state index in [1.54, 1.807) is 30.1 Å². The van der Waals surface area contributed by atoms with E-state index in [0.717, 1.165) is 16.0 Å². The number of anilines is 1. The Morgan fingerprint density at radius 1 is 1.12 bits per heavy atom. The van der Waals surface area contributed by atoms with E-state index < -0.39 is 0 Å². The van der Waals surface area contributed by atoms with Crippen molar-refractivity contribution >= 4 is 46.9 Å². The number of carbonyl (C=O) groups excluding carboxylic acids is 2. The third-order valence-corrected chi connectivity index (χ3v) is 6.67. The summed E-state index contributed by atoms with van der Waals surface area (Å²) in [6, 6.07) is 18.3. The third-order valence-electron chi connectivity index (χ3n) is 5.35. The number of carbonyl (C=O) groups is 2. The fraction of sp³-hybridized carbons (Fsp3) is 0.120. The van der Waals surface area contributed by atoms with Crippen molar-refractivity contribution in [2.75, 3.05) is 18.7 Å². The lowest BCUT2D eigenvalue weighted by atomic mass is 10.1. The van der Waals surface area contributed by atoms with Crippen LogP contribution in [0.1, 0.15) is 21.5 Å². The molecule has 2 aliphatic heterocycles. The minimum atomic E-state index is -0.221. The van der Waals surface area contributed by atoms with Gasteiger partial charge in [-0.25, -0.2) is 0 Å². The predicted molar refractivity (Wildman–Crippen MR) is 129 cm³/mol. The Balaban J connectivity index is 1.32. The molecule has 0 fully saturated rings. The maximum absolute atomic E-state index is 12.9. The Morgan fingerprint density at radius 3 is 2.82 bits per heavy atom. The van der Waals surface area contributed by atoms with Crippen molar-refractivity contribution in [3.63, 3.8) is 0 Å². The molecule has 33 heavy (non-hydrogen) atoms. The highest BCUT2D eigenvalue weighted by atomic mass is 35.5. The summed E-state index contributed by atoms with van der Waals surface area (Å²) in [7, 11) is 1.71. The van der Waals surface area contributed by atoms with Gasteiger partial charge in [-0.2, -0.15) is 0 Å². The number of rotatable bonds is 4. The standard InChI is InChI=1S/C25H19ClN2O4S/c1-28-19-12-17(24(29)27-13-16-5-7-20-21(10-16)32-14-31-20)6-8-22(19)33-23(25(28)30)11-15-3-2-4-18(26)9-15/h2-12H,13-14H2,1H3,(H,27,29). The number of likely N-dealkylation sites (N-methyl/N-ethyl adjacent to an activating group) is 1. The number of benzene rings is 3. The smallest absolute Gasteiger partial charge is 0.264 e. The molecular weight excluding hydrogens is 460 g/mol. The highest BCUT2D eigenvalue weighted by Crippen LogP contribution is 2.42.